The van der Waals surface area contributed by atoms with Gasteiger partial charge in [0.15, 0.2) is 0 Å². The van der Waals surface area contributed by atoms with Crippen molar-refractivity contribution in [2.75, 3.05) is 13.2 Å². The molecule has 0 bridgehead atoms. The fraction of sp³-hybridized carbons (Fsp3) is 0.833. The number of oxime groups is 1. The van der Waals surface area contributed by atoms with Crippen LogP contribution in [-0.4, -0.2) is 30.4 Å². The quantitative estimate of drug-likeness (QED) is 0.543. The predicted octanol–water partition coefficient (Wildman–Crippen LogP) is 1.60. The Kier molecular flexibility index (Phi) is 5.41. The van der Waals surface area contributed by atoms with Crippen molar-refractivity contribution in [3.8, 4) is 0 Å². The minimum absolute atomic E-state index is 0.316. The third kappa shape index (κ3) is 3.43. The number of carbonyl (C=O) groups is 1. The molecule has 1 unspecified atom stereocenters. The average molecular weight is 242 g/mol. The van der Waals surface area contributed by atoms with Crippen LogP contribution in [0.2, 0.25) is 0 Å². The van der Waals surface area contributed by atoms with Crippen LogP contribution in [0.1, 0.15) is 46.0 Å². The van der Waals surface area contributed by atoms with Gasteiger partial charge in [0.2, 0.25) is 5.60 Å². The lowest BCUT2D eigenvalue weighted by Crippen LogP contribution is -2.41. The molecule has 0 aliphatic carbocycles. The number of ether oxygens (including phenoxy) is 1. The smallest absolute Gasteiger partial charge is 0.353 e. The van der Waals surface area contributed by atoms with Crippen molar-refractivity contribution in [3.63, 3.8) is 0 Å². The molecule has 0 aromatic carbocycles. The molecule has 1 aliphatic rings. The Labute approximate surface area is 102 Å². The fourth-order valence-corrected chi connectivity index (χ4v) is 1.92. The van der Waals surface area contributed by atoms with Crippen LogP contribution in [0.4, 0.5) is 0 Å². The van der Waals surface area contributed by atoms with Gasteiger partial charge in [-0.2, -0.15) is 0 Å². The van der Waals surface area contributed by atoms with Crippen molar-refractivity contribution >= 4 is 11.7 Å². The Morgan fingerprint density at radius 1 is 1.53 bits per heavy atom. The van der Waals surface area contributed by atoms with Crippen LogP contribution >= 0.6 is 0 Å². The molecule has 0 amide bonds. The van der Waals surface area contributed by atoms with Crippen LogP contribution < -0.4 is 5.73 Å². The van der Waals surface area contributed by atoms with Gasteiger partial charge in [-0.25, -0.2) is 4.79 Å². The van der Waals surface area contributed by atoms with E-state index in [1.807, 2.05) is 0 Å². The minimum Gasteiger partial charge on any atom is -0.463 e. The second-order valence-corrected chi connectivity index (χ2v) is 4.30. The molecular formula is C12H22N2O3. The van der Waals surface area contributed by atoms with Crippen LogP contribution in [-0.2, 0) is 14.4 Å². The van der Waals surface area contributed by atoms with E-state index in [0.29, 0.717) is 26.0 Å². The molecule has 0 aromatic heterocycles. The van der Waals surface area contributed by atoms with E-state index in [9.17, 15) is 4.79 Å². The van der Waals surface area contributed by atoms with Crippen molar-refractivity contribution < 1.29 is 14.4 Å². The lowest BCUT2D eigenvalue weighted by atomic mass is 9.91. The first-order valence-corrected chi connectivity index (χ1v) is 6.29. The highest BCUT2D eigenvalue weighted by molar-refractivity contribution is 5.94. The van der Waals surface area contributed by atoms with Crippen LogP contribution in [0.3, 0.4) is 0 Å². The minimum atomic E-state index is -0.917. The molecule has 98 valence electrons. The second kappa shape index (κ2) is 6.59. The van der Waals surface area contributed by atoms with Crippen molar-refractivity contribution in [3.05, 3.63) is 0 Å². The molecule has 0 saturated heterocycles. The summed E-state index contributed by atoms with van der Waals surface area (Å²) in [6.07, 6.45) is 4.22. The van der Waals surface area contributed by atoms with Gasteiger partial charge in [-0.05, 0) is 13.3 Å². The maximum atomic E-state index is 12.0. The standard InChI is InChI=1S/C12H22N2O3/c1-3-5-6-7-12(11(15)16-4-2)8-10(9-13)14-17-12/h3-9,13H2,1-2H3. The topological polar surface area (TPSA) is 73.9 Å². The number of rotatable bonds is 7. The van der Waals surface area contributed by atoms with E-state index in [4.69, 9.17) is 15.3 Å². The van der Waals surface area contributed by atoms with E-state index in [-0.39, 0.29) is 5.97 Å². The number of esters is 1. The number of unbranched alkanes of at least 4 members (excludes halogenated alkanes) is 2. The average Bonchev–Trinajstić information content (AvgIpc) is 2.75. The summed E-state index contributed by atoms with van der Waals surface area (Å²) < 4.78 is 5.07. The lowest BCUT2D eigenvalue weighted by molar-refractivity contribution is -0.170. The Bertz CT molecular complexity index is 291. The molecular weight excluding hydrogens is 220 g/mol. The highest BCUT2D eigenvalue weighted by Gasteiger charge is 2.46. The summed E-state index contributed by atoms with van der Waals surface area (Å²) >= 11 is 0. The second-order valence-electron chi connectivity index (χ2n) is 4.30. The molecule has 1 rings (SSSR count). The molecule has 1 aliphatic heterocycles. The molecule has 5 heteroatoms. The van der Waals surface area contributed by atoms with Crippen molar-refractivity contribution in [2.24, 2.45) is 10.9 Å². The molecule has 0 spiro atoms. The van der Waals surface area contributed by atoms with Gasteiger partial charge in [0.1, 0.15) is 0 Å². The summed E-state index contributed by atoms with van der Waals surface area (Å²) in [6.45, 7) is 4.59. The van der Waals surface area contributed by atoms with Crippen molar-refractivity contribution in [1.29, 1.82) is 0 Å². The highest BCUT2D eigenvalue weighted by Crippen LogP contribution is 2.31. The summed E-state index contributed by atoms with van der Waals surface area (Å²) in [5.74, 6) is -0.316. The summed E-state index contributed by atoms with van der Waals surface area (Å²) in [7, 11) is 0. The third-order valence-electron chi connectivity index (χ3n) is 2.91. The normalized spacial score (nSPS) is 23.1. The monoisotopic (exact) mass is 242 g/mol. The van der Waals surface area contributed by atoms with Gasteiger partial charge in [-0.15, -0.1) is 0 Å². The van der Waals surface area contributed by atoms with E-state index in [1.165, 1.54) is 0 Å². The van der Waals surface area contributed by atoms with Gasteiger partial charge >= 0.3 is 5.97 Å². The molecule has 0 saturated carbocycles. The molecule has 5 nitrogen and oxygen atoms in total. The molecule has 1 heterocycles. The van der Waals surface area contributed by atoms with E-state index < -0.39 is 5.60 Å². The van der Waals surface area contributed by atoms with Crippen LogP contribution in [0.15, 0.2) is 5.16 Å². The molecule has 0 fully saturated rings. The number of nitrogens with two attached hydrogens (primary N) is 1. The van der Waals surface area contributed by atoms with Crippen LogP contribution in [0.25, 0.3) is 0 Å². The number of hydrogen-bond donors (Lipinski definition) is 1. The van der Waals surface area contributed by atoms with Gasteiger partial charge in [-0.3, -0.25) is 0 Å². The zero-order chi connectivity index (χ0) is 12.7. The van der Waals surface area contributed by atoms with Gasteiger partial charge in [0, 0.05) is 19.4 Å². The maximum absolute atomic E-state index is 12.0. The fourth-order valence-electron chi connectivity index (χ4n) is 1.92. The van der Waals surface area contributed by atoms with E-state index in [2.05, 4.69) is 12.1 Å². The van der Waals surface area contributed by atoms with Gasteiger partial charge in [0.25, 0.3) is 0 Å². The summed E-state index contributed by atoms with van der Waals surface area (Å²) in [5, 5.41) is 3.88. The Morgan fingerprint density at radius 2 is 2.29 bits per heavy atom. The number of hydrogen-bond acceptors (Lipinski definition) is 5. The van der Waals surface area contributed by atoms with Gasteiger partial charge in [-0.1, -0.05) is 24.9 Å². The lowest BCUT2D eigenvalue weighted by Gasteiger charge is -2.24. The van der Waals surface area contributed by atoms with E-state index >= 15 is 0 Å². The molecule has 0 aromatic rings. The summed E-state index contributed by atoms with van der Waals surface area (Å²) in [4.78, 5) is 17.3. The van der Waals surface area contributed by atoms with Gasteiger partial charge in [0.05, 0.1) is 12.3 Å². The van der Waals surface area contributed by atoms with E-state index in [0.717, 1.165) is 25.0 Å². The first-order valence-electron chi connectivity index (χ1n) is 6.29. The molecule has 2 N–H and O–H groups in total. The Balaban J connectivity index is 2.63. The first kappa shape index (κ1) is 14.0. The summed E-state index contributed by atoms with van der Waals surface area (Å²) in [6, 6.07) is 0. The Hall–Kier alpha value is -1.10. The highest BCUT2D eigenvalue weighted by atomic mass is 16.7. The Morgan fingerprint density at radius 3 is 2.82 bits per heavy atom. The molecule has 1 atom stereocenters. The predicted molar refractivity (Wildman–Crippen MR) is 65.7 cm³/mol. The maximum Gasteiger partial charge on any atom is 0.353 e. The zero-order valence-corrected chi connectivity index (χ0v) is 10.7. The summed E-state index contributed by atoms with van der Waals surface area (Å²) in [5.41, 5.74) is 5.34. The van der Waals surface area contributed by atoms with Crippen LogP contribution in [0.5, 0.6) is 0 Å². The largest absolute Gasteiger partial charge is 0.463 e. The van der Waals surface area contributed by atoms with E-state index in [1.54, 1.807) is 6.92 Å². The SMILES string of the molecule is CCCCCC1(C(=O)OCC)CC(CN)=NO1. The van der Waals surface area contributed by atoms with Crippen molar-refractivity contribution in [1.82, 2.24) is 0 Å². The molecule has 17 heavy (non-hydrogen) atoms. The van der Waals surface area contributed by atoms with Crippen molar-refractivity contribution in [2.45, 2.75) is 51.6 Å². The van der Waals surface area contributed by atoms with Crippen LogP contribution in [0, 0.1) is 0 Å². The molecule has 0 radical (unpaired) electrons. The third-order valence-corrected chi connectivity index (χ3v) is 2.91. The first-order chi connectivity index (χ1) is 8.18. The zero-order valence-electron chi connectivity index (χ0n) is 10.7. The number of nitrogens with zero attached hydrogens (tertiary/aromatic N) is 1. The van der Waals surface area contributed by atoms with Gasteiger partial charge < -0.3 is 15.3 Å². The number of carbonyl (C=O) groups excluding carboxylic acids is 1.